The zero-order chi connectivity index (χ0) is 14.0. The van der Waals surface area contributed by atoms with Gasteiger partial charge in [-0.1, -0.05) is 42.1 Å². The molecule has 1 saturated carbocycles. The van der Waals surface area contributed by atoms with E-state index in [0.717, 1.165) is 31.2 Å². The fourth-order valence-corrected chi connectivity index (χ4v) is 4.10. The topological polar surface area (TPSA) is 15.3 Å². The largest absolute Gasteiger partial charge is 0.310 e. The number of nitrogens with one attached hydrogen (secondary N) is 1. The van der Waals surface area contributed by atoms with Crippen LogP contribution in [-0.2, 0) is 6.54 Å². The normalized spacial score (nSPS) is 23.1. The second kappa shape index (κ2) is 6.23. The molecular formula is C16H22Cl2N2. The molecule has 1 aromatic rings. The van der Waals surface area contributed by atoms with Gasteiger partial charge in [0.15, 0.2) is 0 Å². The molecule has 1 N–H and O–H groups in total. The van der Waals surface area contributed by atoms with Gasteiger partial charge in [-0.2, -0.15) is 0 Å². The number of nitrogens with zero attached hydrogens (tertiary/aromatic N) is 1. The van der Waals surface area contributed by atoms with E-state index in [1.807, 2.05) is 12.1 Å². The third-order valence-corrected chi connectivity index (χ3v) is 5.23. The van der Waals surface area contributed by atoms with E-state index in [4.69, 9.17) is 23.2 Å². The van der Waals surface area contributed by atoms with E-state index in [0.29, 0.717) is 10.6 Å². The lowest BCUT2D eigenvalue weighted by atomic mass is 9.97. The van der Waals surface area contributed by atoms with Crippen LogP contribution in [0.15, 0.2) is 18.2 Å². The summed E-state index contributed by atoms with van der Waals surface area (Å²) in [6, 6.07) is 5.84. The molecule has 1 aromatic carbocycles. The third-order valence-electron chi connectivity index (χ3n) is 4.65. The predicted molar refractivity (Wildman–Crippen MR) is 85.6 cm³/mol. The van der Waals surface area contributed by atoms with E-state index in [-0.39, 0.29) is 0 Å². The first-order valence-electron chi connectivity index (χ1n) is 7.58. The lowest BCUT2D eigenvalue weighted by Gasteiger charge is -2.33. The second-order valence-electron chi connectivity index (χ2n) is 6.21. The standard InChI is InChI=1S/C16H22Cl2N2/c17-14-5-4-13(15(18)10-14)11-20-9-3-8-19-16(12-20)6-1-2-7-16/h4-5,10,19H,1-3,6-9,11-12H2. The van der Waals surface area contributed by atoms with E-state index in [1.54, 1.807) is 0 Å². The molecule has 0 atom stereocenters. The van der Waals surface area contributed by atoms with Gasteiger partial charge in [-0.05, 0) is 50.0 Å². The summed E-state index contributed by atoms with van der Waals surface area (Å²) in [5.41, 5.74) is 1.54. The lowest BCUT2D eigenvalue weighted by Crippen LogP contribution is -2.49. The first kappa shape index (κ1) is 14.6. The van der Waals surface area contributed by atoms with Gasteiger partial charge in [-0.15, -0.1) is 0 Å². The third kappa shape index (κ3) is 3.30. The molecule has 1 aliphatic heterocycles. The summed E-state index contributed by atoms with van der Waals surface area (Å²) in [5.74, 6) is 0. The number of benzene rings is 1. The maximum absolute atomic E-state index is 6.31. The highest BCUT2D eigenvalue weighted by Gasteiger charge is 2.36. The van der Waals surface area contributed by atoms with Crippen LogP contribution in [0.4, 0.5) is 0 Å². The first-order valence-corrected chi connectivity index (χ1v) is 8.34. The van der Waals surface area contributed by atoms with Gasteiger partial charge in [0.05, 0.1) is 0 Å². The Kier molecular flexibility index (Phi) is 4.56. The van der Waals surface area contributed by atoms with Gasteiger partial charge in [-0.25, -0.2) is 0 Å². The molecule has 4 heteroatoms. The molecule has 0 unspecified atom stereocenters. The summed E-state index contributed by atoms with van der Waals surface area (Å²) in [6.45, 7) is 4.37. The van der Waals surface area contributed by atoms with Crippen LogP contribution in [0.2, 0.25) is 10.0 Å². The summed E-state index contributed by atoms with van der Waals surface area (Å²) >= 11 is 12.3. The maximum atomic E-state index is 6.31. The van der Waals surface area contributed by atoms with Crippen molar-refractivity contribution in [3.63, 3.8) is 0 Å². The summed E-state index contributed by atoms with van der Waals surface area (Å²) < 4.78 is 0. The zero-order valence-electron chi connectivity index (χ0n) is 11.8. The molecule has 110 valence electrons. The van der Waals surface area contributed by atoms with Crippen LogP contribution in [0.3, 0.4) is 0 Å². The molecule has 1 saturated heterocycles. The zero-order valence-corrected chi connectivity index (χ0v) is 13.3. The Bertz CT molecular complexity index is 470. The fraction of sp³-hybridized carbons (Fsp3) is 0.625. The average Bonchev–Trinajstić information content (AvgIpc) is 2.76. The Morgan fingerprint density at radius 1 is 1.15 bits per heavy atom. The second-order valence-corrected chi connectivity index (χ2v) is 7.06. The highest BCUT2D eigenvalue weighted by Crippen LogP contribution is 2.32. The van der Waals surface area contributed by atoms with Crippen molar-refractivity contribution in [2.75, 3.05) is 19.6 Å². The number of rotatable bonds is 2. The van der Waals surface area contributed by atoms with E-state index in [2.05, 4.69) is 16.3 Å². The van der Waals surface area contributed by atoms with Crippen LogP contribution >= 0.6 is 23.2 Å². The van der Waals surface area contributed by atoms with Crippen molar-refractivity contribution in [3.05, 3.63) is 33.8 Å². The van der Waals surface area contributed by atoms with Crippen LogP contribution in [-0.4, -0.2) is 30.1 Å². The van der Waals surface area contributed by atoms with Gasteiger partial charge in [0.2, 0.25) is 0 Å². The van der Waals surface area contributed by atoms with Crippen molar-refractivity contribution in [2.45, 2.75) is 44.2 Å². The van der Waals surface area contributed by atoms with E-state index in [9.17, 15) is 0 Å². The van der Waals surface area contributed by atoms with Crippen LogP contribution in [0.1, 0.15) is 37.7 Å². The van der Waals surface area contributed by atoms with Gasteiger partial charge in [-0.3, -0.25) is 4.90 Å². The molecule has 2 aliphatic rings. The molecule has 3 rings (SSSR count). The summed E-state index contributed by atoms with van der Waals surface area (Å²) in [6.07, 6.45) is 6.58. The van der Waals surface area contributed by atoms with Crippen molar-refractivity contribution in [3.8, 4) is 0 Å². The molecule has 20 heavy (non-hydrogen) atoms. The minimum absolute atomic E-state index is 0.357. The Labute approximate surface area is 131 Å². The van der Waals surface area contributed by atoms with E-state index >= 15 is 0 Å². The van der Waals surface area contributed by atoms with Crippen LogP contribution in [0.5, 0.6) is 0 Å². The molecule has 2 fully saturated rings. The van der Waals surface area contributed by atoms with Crippen LogP contribution in [0.25, 0.3) is 0 Å². The molecule has 2 nitrogen and oxygen atoms in total. The minimum atomic E-state index is 0.357. The molecule has 0 bridgehead atoms. The molecule has 0 aromatic heterocycles. The number of hydrogen-bond donors (Lipinski definition) is 1. The highest BCUT2D eigenvalue weighted by molar-refractivity contribution is 6.35. The Morgan fingerprint density at radius 2 is 1.95 bits per heavy atom. The van der Waals surface area contributed by atoms with E-state index < -0.39 is 0 Å². The fourth-order valence-electron chi connectivity index (χ4n) is 3.63. The Hall–Kier alpha value is -0.280. The monoisotopic (exact) mass is 312 g/mol. The predicted octanol–water partition coefficient (Wildman–Crippen LogP) is 4.10. The maximum Gasteiger partial charge on any atom is 0.0465 e. The van der Waals surface area contributed by atoms with Crippen molar-refractivity contribution >= 4 is 23.2 Å². The van der Waals surface area contributed by atoms with Gasteiger partial charge in [0.1, 0.15) is 0 Å². The molecule has 1 aliphatic carbocycles. The summed E-state index contributed by atoms with van der Waals surface area (Å²) in [4.78, 5) is 2.56. The van der Waals surface area contributed by atoms with Gasteiger partial charge in [0.25, 0.3) is 0 Å². The number of halogens is 2. The first-order chi connectivity index (χ1) is 9.67. The Balaban J connectivity index is 1.72. The Morgan fingerprint density at radius 3 is 2.70 bits per heavy atom. The van der Waals surface area contributed by atoms with Crippen molar-refractivity contribution in [2.24, 2.45) is 0 Å². The summed E-state index contributed by atoms with van der Waals surface area (Å²) in [7, 11) is 0. The van der Waals surface area contributed by atoms with Crippen molar-refractivity contribution in [1.82, 2.24) is 10.2 Å². The molecule has 1 heterocycles. The van der Waals surface area contributed by atoms with Crippen LogP contribution in [0, 0.1) is 0 Å². The summed E-state index contributed by atoms with van der Waals surface area (Å²) in [5, 5.41) is 5.30. The minimum Gasteiger partial charge on any atom is -0.310 e. The van der Waals surface area contributed by atoms with E-state index in [1.165, 1.54) is 37.7 Å². The lowest BCUT2D eigenvalue weighted by molar-refractivity contribution is 0.203. The van der Waals surface area contributed by atoms with Crippen molar-refractivity contribution < 1.29 is 0 Å². The quantitative estimate of drug-likeness (QED) is 0.884. The van der Waals surface area contributed by atoms with Gasteiger partial charge >= 0.3 is 0 Å². The molecular weight excluding hydrogens is 291 g/mol. The SMILES string of the molecule is Clc1ccc(CN2CCCNC3(CCCC3)C2)c(Cl)c1. The number of hydrogen-bond acceptors (Lipinski definition) is 2. The highest BCUT2D eigenvalue weighted by atomic mass is 35.5. The molecule has 0 radical (unpaired) electrons. The van der Waals surface area contributed by atoms with Gasteiger partial charge < -0.3 is 5.32 Å². The van der Waals surface area contributed by atoms with Crippen LogP contribution < -0.4 is 5.32 Å². The molecule has 1 spiro atoms. The average molecular weight is 313 g/mol. The van der Waals surface area contributed by atoms with Gasteiger partial charge in [0, 0.05) is 28.7 Å². The molecule has 0 amide bonds. The smallest absolute Gasteiger partial charge is 0.0465 e. The van der Waals surface area contributed by atoms with Crippen molar-refractivity contribution in [1.29, 1.82) is 0 Å².